The van der Waals surface area contributed by atoms with Crippen molar-refractivity contribution in [3.8, 4) is 0 Å². The van der Waals surface area contributed by atoms with Crippen molar-refractivity contribution < 1.29 is 16.8 Å². The van der Waals surface area contributed by atoms with Crippen molar-refractivity contribution in [3.63, 3.8) is 0 Å². The van der Waals surface area contributed by atoms with E-state index in [1.165, 1.54) is 0 Å². The Morgan fingerprint density at radius 3 is 1.65 bits per heavy atom. The molecule has 0 aliphatic heterocycles. The molecule has 3 aromatic rings. The van der Waals surface area contributed by atoms with Crippen molar-refractivity contribution in [3.05, 3.63) is 71.4 Å². The summed E-state index contributed by atoms with van der Waals surface area (Å²) in [6.07, 6.45) is 4.67. The number of aromatic nitrogens is 2. The van der Waals surface area contributed by atoms with Crippen molar-refractivity contribution in [2.75, 3.05) is 10.6 Å². The van der Waals surface area contributed by atoms with Gasteiger partial charge in [-0.3, -0.25) is 0 Å². The van der Waals surface area contributed by atoms with Crippen LogP contribution in [0.4, 0.5) is 23.1 Å². The van der Waals surface area contributed by atoms with Gasteiger partial charge in [0.25, 0.3) is 0 Å². The molecule has 2 fully saturated rings. The molecule has 0 amide bonds. The van der Waals surface area contributed by atoms with Crippen LogP contribution in [0.2, 0.25) is 0 Å². The fourth-order valence-electron chi connectivity index (χ4n) is 3.67. The third-order valence-corrected chi connectivity index (χ3v) is 10.1. The molecule has 0 unspecified atom stereocenters. The Balaban J connectivity index is 1.17. The highest BCUT2D eigenvalue weighted by atomic mass is 32.2. The molecule has 0 spiro atoms. The van der Waals surface area contributed by atoms with E-state index in [2.05, 4.69) is 30.0 Å². The van der Waals surface area contributed by atoms with E-state index >= 15 is 0 Å². The second kappa shape index (κ2) is 10.4. The molecule has 0 radical (unpaired) electrons. The summed E-state index contributed by atoms with van der Waals surface area (Å²) in [4.78, 5) is 8.94. The van der Waals surface area contributed by atoms with Crippen LogP contribution in [0.5, 0.6) is 0 Å². The summed E-state index contributed by atoms with van der Waals surface area (Å²) in [7, 11) is -6.42. The van der Waals surface area contributed by atoms with Gasteiger partial charge in [0.15, 0.2) is 0 Å². The van der Waals surface area contributed by atoms with E-state index in [0.717, 1.165) is 53.7 Å². The number of nitrogens with one attached hydrogen (secondary N) is 4. The first kappa shape index (κ1) is 25.6. The van der Waals surface area contributed by atoms with Crippen molar-refractivity contribution in [1.82, 2.24) is 19.4 Å². The molecule has 4 N–H and O–H groups in total. The summed E-state index contributed by atoms with van der Waals surface area (Å²) in [6.45, 7) is 2.44. The Morgan fingerprint density at radius 2 is 1.19 bits per heavy atom. The average molecular weight is 543 g/mol. The lowest BCUT2D eigenvalue weighted by molar-refractivity contribution is 0.578. The van der Waals surface area contributed by atoms with E-state index in [-0.39, 0.29) is 23.6 Å². The van der Waals surface area contributed by atoms with Gasteiger partial charge in [0.2, 0.25) is 26.0 Å². The molecule has 2 aliphatic carbocycles. The maximum absolute atomic E-state index is 12.0. The maximum Gasteiger partial charge on any atom is 0.229 e. The maximum atomic E-state index is 12.0. The Morgan fingerprint density at radius 1 is 0.730 bits per heavy atom. The fourth-order valence-corrected chi connectivity index (χ4v) is 6.39. The molecule has 0 saturated heterocycles. The van der Waals surface area contributed by atoms with E-state index in [4.69, 9.17) is 0 Å². The average Bonchev–Trinajstić information content (AvgIpc) is 3.77. The first-order valence-electron chi connectivity index (χ1n) is 12.2. The predicted molar refractivity (Wildman–Crippen MR) is 144 cm³/mol. The highest BCUT2D eigenvalue weighted by Crippen LogP contribution is 2.28. The number of benzene rings is 2. The van der Waals surface area contributed by atoms with E-state index in [1.54, 1.807) is 6.20 Å². The summed E-state index contributed by atoms with van der Waals surface area (Å²) >= 11 is 0. The number of anilines is 4. The third-order valence-electron chi connectivity index (χ3n) is 6.28. The Labute approximate surface area is 217 Å². The van der Waals surface area contributed by atoms with Gasteiger partial charge in [0.05, 0.1) is 10.5 Å². The zero-order valence-electron chi connectivity index (χ0n) is 20.4. The second-order valence-corrected chi connectivity index (χ2v) is 13.6. The van der Waals surface area contributed by atoms with Crippen LogP contribution >= 0.6 is 0 Å². The second-order valence-electron chi connectivity index (χ2n) is 9.50. The number of rotatable bonds is 12. The predicted octanol–water partition coefficient (Wildman–Crippen LogP) is 3.44. The Bertz CT molecular complexity index is 1470. The van der Waals surface area contributed by atoms with Crippen molar-refractivity contribution in [1.29, 1.82) is 0 Å². The molecule has 196 valence electrons. The number of aryl methyl sites for hydroxylation is 1. The molecule has 37 heavy (non-hydrogen) atoms. The molecular formula is C25H30N6O4S2. The van der Waals surface area contributed by atoms with Crippen molar-refractivity contribution in [2.24, 2.45) is 0 Å². The van der Waals surface area contributed by atoms with Crippen LogP contribution in [-0.4, -0.2) is 37.3 Å². The fraction of sp³-hybridized carbons (Fsp3) is 0.360. The van der Waals surface area contributed by atoms with Gasteiger partial charge in [-0.15, -0.1) is 0 Å². The van der Waals surface area contributed by atoms with Crippen LogP contribution < -0.4 is 20.1 Å². The topological polar surface area (TPSA) is 142 Å². The van der Waals surface area contributed by atoms with Gasteiger partial charge < -0.3 is 10.6 Å². The molecule has 1 heterocycles. The summed E-state index contributed by atoms with van der Waals surface area (Å²) in [5, 5.41) is 5.99. The molecule has 2 aliphatic rings. The first-order chi connectivity index (χ1) is 17.7. The summed E-state index contributed by atoms with van der Waals surface area (Å²) in [6, 6.07) is 14.9. The number of sulfonamides is 2. The van der Waals surface area contributed by atoms with E-state index in [9.17, 15) is 16.8 Å². The monoisotopic (exact) mass is 542 g/mol. The van der Waals surface area contributed by atoms with Crippen LogP contribution in [0.15, 0.2) is 54.7 Å². The van der Waals surface area contributed by atoms with Gasteiger partial charge in [-0.1, -0.05) is 24.3 Å². The molecule has 5 rings (SSSR count). The number of hydrogen-bond donors (Lipinski definition) is 4. The molecule has 2 saturated carbocycles. The summed E-state index contributed by atoms with van der Waals surface area (Å²) in [5.74, 6) is 1.06. The minimum Gasteiger partial charge on any atom is -0.340 e. The molecule has 12 heteroatoms. The lowest BCUT2D eigenvalue weighted by atomic mass is 10.2. The molecular weight excluding hydrogens is 512 g/mol. The minimum absolute atomic E-state index is 0.234. The summed E-state index contributed by atoms with van der Waals surface area (Å²) in [5.41, 5.74) is 4.21. The normalized spacial score (nSPS) is 15.9. The van der Waals surface area contributed by atoms with Crippen molar-refractivity contribution in [2.45, 2.75) is 56.2 Å². The zero-order valence-corrected chi connectivity index (χ0v) is 22.1. The molecule has 10 nitrogen and oxygen atoms in total. The van der Waals surface area contributed by atoms with Crippen LogP contribution in [0, 0.1) is 6.92 Å². The van der Waals surface area contributed by atoms with Gasteiger partial charge in [-0.05, 0) is 68.0 Å². The summed E-state index contributed by atoms with van der Waals surface area (Å²) < 4.78 is 53.3. The molecule has 0 atom stereocenters. The smallest absolute Gasteiger partial charge is 0.229 e. The Kier molecular flexibility index (Phi) is 7.17. The van der Waals surface area contributed by atoms with Gasteiger partial charge >= 0.3 is 0 Å². The van der Waals surface area contributed by atoms with Gasteiger partial charge in [-0.2, -0.15) is 4.98 Å². The molecule has 1 aromatic heterocycles. The lowest BCUT2D eigenvalue weighted by Gasteiger charge is -2.12. The van der Waals surface area contributed by atoms with Crippen LogP contribution in [0.3, 0.4) is 0 Å². The highest BCUT2D eigenvalue weighted by Gasteiger charge is 2.35. The van der Waals surface area contributed by atoms with Crippen LogP contribution in [0.25, 0.3) is 0 Å². The largest absolute Gasteiger partial charge is 0.340 e. The first-order valence-corrected chi connectivity index (χ1v) is 15.3. The SMILES string of the molecule is Cc1cnc(Nc2ccc(CNS(=O)(=O)C3CC3)cc2)nc1Nc1ccc(CNS(=O)(=O)C2CC2)cc1. The minimum atomic E-state index is -3.21. The van der Waals surface area contributed by atoms with Crippen LogP contribution in [-0.2, 0) is 33.1 Å². The van der Waals surface area contributed by atoms with Crippen molar-refractivity contribution >= 4 is 43.2 Å². The van der Waals surface area contributed by atoms with E-state index in [0.29, 0.717) is 11.8 Å². The number of hydrogen-bond acceptors (Lipinski definition) is 8. The Hall–Kier alpha value is -3.06. The standard InChI is InChI=1S/C25H30N6O4S2/c1-17-14-26-25(30-21-8-4-19(5-9-21)16-28-37(34,35)23-12-13-23)31-24(17)29-20-6-2-18(3-7-20)15-27-36(32,33)22-10-11-22/h2-9,14,22-23,27-28H,10-13,15-16H2,1H3,(H2,26,29,30,31). The lowest BCUT2D eigenvalue weighted by Crippen LogP contribution is -2.26. The third kappa shape index (κ3) is 6.83. The molecule has 0 bridgehead atoms. The number of nitrogens with zero attached hydrogens (tertiary/aromatic N) is 2. The van der Waals surface area contributed by atoms with Gasteiger partial charge in [0.1, 0.15) is 5.82 Å². The van der Waals surface area contributed by atoms with E-state index < -0.39 is 20.0 Å². The quantitative estimate of drug-likeness (QED) is 0.273. The molecule has 2 aromatic carbocycles. The van der Waals surface area contributed by atoms with Gasteiger partial charge in [-0.25, -0.2) is 31.3 Å². The highest BCUT2D eigenvalue weighted by molar-refractivity contribution is 7.90. The van der Waals surface area contributed by atoms with Gasteiger partial charge in [0, 0.05) is 36.2 Å². The van der Waals surface area contributed by atoms with E-state index in [1.807, 2.05) is 55.5 Å². The van der Waals surface area contributed by atoms with Crippen LogP contribution in [0.1, 0.15) is 42.4 Å². The zero-order chi connectivity index (χ0) is 26.0.